The summed E-state index contributed by atoms with van der Waals surface area (Å²) in [6.45, 7) is 1.70. The zero-order valence-electron chi connectivity index (χ0n) is 14.7. The highest BCUT2D eigenvalue weighted by Gasteiger charge is 2.41. The third-order valence-corrected chi connectivity index (χ3v) is 5.10. The molecule has 0 aromatic heterocycles. The summed E-state index contributed by atoms with van der Waals surface area (Å²) in [7, 11) is 0. The first-order valence-corrected chi connectivity index (χ1v) is 9.54. The highest BCUT2D eigenvalue weighted by atomic mass is 79.9. The number of aliphatic hydroxyl groups excluding tert-OH is 1. The number of aliphatic hydroxyl groups is 1. The molecule has 2 aromatic rings. The average molecular weight is 466 g/mol. The molecule has 1 atom stereocenters. The Morgan fingerprint density at radius 3 is 2.79 bits per heavy atom. The van der Waals surface area contributed by atoms with Crippen molar-refractivity contribution in [2.45, 2.75) is 19.5 Å². The van der Waals surface area contributed by atoms with Gasteiger partial charge in [-0.2, -0.15) is 5.26 Å². The maximum atomic E-state index is 14.4. The molecule has 0 spiro atoms. The summed E-state index contributed by atoms with van der Waals surface area (Å²) in [6.07, 6.45) is 0. The Balaban J connectivity index is 2.13. The van der Waals surface area contributed by atoms with Gasteiger partial charge in [-0.1, -0.05) is 33.6 Å². The van der Waals surface area contributed by atoms with Crippen LogP contribution in [0.15, 0.2) is 52.4 Å². The summed E-state index contributed by atoms with van der Waals surface area (Å²) in [5.74, 6) is -1.46. The molecule has 0 aliphatic carbocycles. The van der Waals surface area contributed by atoms with E-state index < -0.39 is 23.7 Å². The van der Waals surface area contributed by atoms with Crippen LogP contribution in [0.4, 0.5) is 4.39 Å². The lowest BCUT2D eigenvalue weighted by molar-refractivity contribution is 0.0698. The molecule has 8 heteroatoms. The molecular weight excluding hydrogens is 451 g/mol. The number of benzene rings is 2. The van der Waals surface area contributed by atoms with Crippen LogP contribution in [0.25, 0.3) is 0 Å². The van der Waals surface area contributed by atoms with Crippen molar-refractivity contribution >= 4 is 33.4 Å². The molecule has 0 saturated heterocycles. The molecule has 0 radical (unpaired) electrons. The van der Waals surface area contributed by atoms with Crippen molar-refractivity contribution in [3.63, 3.8) is 0 Å². The minimum atomic E-state index is -0.944. The summed E-state index contributed by atoms with van der Waals surface area (Å²) in [4.78, 5) is 14.3. The van der Waals surface area contributed by atoms with Crippen molar-refractivity contribution in [1.82, 2.24) is 4.90 Å². The van der Waals surface area contributed by atoms with Crippen molar-refractivity contribution in [3.8, 4) is 6.07 Å². The second-order valence-corrected chi connectivity index (χ2v) is 7.42. The topological polar surface area (TPSA) is 73.6 Å². The predicted molar refractivity (Wildman–Crippen MR) is 105 cm³/mol. The molecule has 0 fully saturated rings. The predicted octanol–water partition coefficient (Wildman–Crippen LogP) is 5.27. The van der Waals surface area contributed by atoms with Crippen LogP contribution < -0.4 is 0 Å². The molecule has 3 rings (SSSR count). The van der Waals surface area contributed by atoms with Gasteiger partial charge in [-0.15, -0.1) is 0 Å². The number of carbonyl (C=O) groups is 1. The summed E-state index contributed by atoms with van der Waals surface area (Å²) >= 11 is 9.29. The number of ether oxygens (including phenoxy) is 1. The van der Waals surface area contributed by atoms with Crippen LogP contribution in [0.2, 0.25) is 5.02 Å². The Morgan fingerprint density at radius 1 is 1.39 bits per heavy atom. The fourth-order valence-electron chi connectivity index (χ4n) is 3.14. The van der Waals surface area contributed by atoms with E-state index in [9.17, 15) is 19.6 Å². The van der Waals surface area contributed by atoms with Gasteiger partial charge in [0.05, 0.1) is 6.61 Å². The van der Waals surface area contributed by atoms with E-state index >= 15 is 0 Å². The molecule has 1 aliphatic rings. The van der Waals surface area contributed by atoms with Gasteiger partial charge >= 0.3 is 0 Å². The summed E-state index contributed by atoms with van der Waals surface area (Å²) in [5, 5.41) is 20.2. The van der Waals surface area contributed by atoms with Gasteiger partial charge in [0.2, 0.25) is 0 Å². The van der Waals surface area contributed by atoms with Gasteiger partial charge in [0.15, 0.2) is 0 Å². The van der Waals surface area contributed by atoms with Crippen LogP contribution in [0.3, 0.4) is 0 Å². The van der Waals surface area contributed by atoms with Crippen molar-refractivity contribution in [3.05, 3.63) is 79.9 Å². The Kier molecular flexibility index (Phi) is 5.92. The van der Waals surface area contributed by atoms with E-state index in [0.717, 1.165) is 0 Å². The number of halogens is 3. The van der Waals surface area contributed by atoms with Gasteiger partial charge in [0.1, 0.15) is 23.5 Å². The SMILES string of the molecule is CCO/C(O)=C(/C#N)C1c2cc(Cl)ccc2C(=O)N1Cc1ccc(Br)cc1F. The molecule has 0 bridgehead atoms. The minimum absolute atomic E-state index is 0.0977. The van der Waals surface area contributed by atoms with E-state index in [4.69, 9.17) is 16.3 Å². The van der Waals surface area contributed by atoms with E-state index in [2.05, 4.69) is 15.9 Å². The van der Waals surface area contributed by atoms with Gasteiger partial charge in [-0.05, 0) is 42.8 Å². The minimum Gasteiger partial charge on any atom is -0.480 e. The van der Waals surface area contributed by atoms with Crippen molar-refractivity contribution in [2.24, 2.45) is 0 Å². The second kappa shape index (κ2) is 8.21. The summed E-state index contributed by atoms with van der Waals surface area (Å²) in [5.41, 5.74) is 0.921. The lowest BCUT2D eigenvalue weighted by atomic mass is 9.98. The van der Waals surface area contributed by atoms with E-state index in [1.54, 1.807) is 37.3 Å². The molecule has 1 amide bonds. The lowest BCUT2D eigenvalue weighted by Crippen LogP contribution is -2.29. The second-order valence-electron chi connectivity index (χ2n) is 6.07. The molecule has 5 nitrogen and oxygen atoms in total. The molecule has 0 saturated carbocycles. The van der Waals surface area contributed by atoms with Crippen LogP contribution in [-0.4, -0.2) is 22.5 Å². The molecule has 2 aromatic carbocycles. The lowest BCUT2D eigenvalue weighted by Gasteiger charge is -2.25. The number of rotatable bonds is 5. The monoisotopic (exact) mass is 464 g/mol. The normalized spacial score (nSPS) is 16.5. The number of nitriles is 1. The first-order chi connectivity index (χ1) is 13.4. The number of amides is 1. The fourth-order valence-corrected chi connectivity index (χ4v) is 3.66. The highest BCUT2D eigenvalue weighted by molar-refractivity contribution is 9.10. The van der Waals surface area contributed by atoms with Crippen molar-refractivity contribution in [2.75, 3.05) is 6.61 Å². The number of carbonyl (C=O) groups excluding carboxylic acids is 1. The number of hydrogen-bond acceptors (Lipinski definition) is 4. The molecule has 1 unspecified atom stereocenters. The van der Waals surface area contributed by atoms with Crippen LogP contribution in [0.5, 0.6) is 0 Å². The average Bonchev–Trinajstić information content (AvgIpc) is 2.90. The molecule has 144 valence electrons. The molecule has 1 heterocycles. The quantitative estimate of drug-likeness (QED) is 0.482. The van der Waals surface area contributed by atoms with Gasteiger partial charge in [-0.25, -0.2) is 4.39 Å². The Bertz CT molecular complexity index is 1020. The largest absolute Gasteiger partial charge is 0.480 e. The molecular formula is C20H15BrClFN2O3. The number of fused-ring (bicyclic) bond motifs is 1. The number of hydrogen-bond donors (Lipinski definition) is 1. The van der Waals surface area contributed by atoms with Crippen LogP contribution in [0, 0.1) is 17.1 Å². The zero-order valence-corrected chi connectivity index (χ0v) is 17.1. The van der Waals surface area contributed by atoms with Crippen molar-refractivity contribution < 1.29 is 19.0 Å². The summed E-state index contributed by atoms with van der Waals surface area (Å²) < 4.78 is 20.0. The van der Waals surface area contributed by atoms with E-state index in [1.165, 1.54) is 11.0 Å². The zero-order chi connectivity index (χ0) is 20.4. The van der Waals surface area contributed by atoms with E-state index in [1.807, 2.05) is 6.07 Å². The maximum absolute atomic E-state index is 14.4. The molecule has 1 N–H and O–H groups in total. The number of nitrogens with zero attached hydrogens (tertiary/aromatic N) is 2. The highest BCUT2D eigenvalue weighted by Crippen LogP contribution is 2.41. The third-order valence-electron chi connectivity index (χ3n) is 4.37. The van der Waals surface area contributed by atoms with E-state index in [0.29, 0.717) is 20.6 Å². The Hall–Kier alpha value is -2.56. The van der Waals surface area contributed by atoms with Crippen LogP contribution >= 0.6 is 27.5 Å². The Labute approximate surface area is 174 Å². The van der Waals surface area contributed by atoms with Crippen molar-refractivity contribution in [1.29, 1.82) is 5.26 Å². The first-order valence-electron chi connectivity index (χ1n) is 8.37. The van der Waals surface area contributed by atoms with Crippen LogP contribution in [-0.2, 0) is 11.3 Å². The maximum Gasteiger partial charge on any atom is 0.293 e. The van der Waals surface area contributed by atoms with Crippen LogP contribution in [0.1, 0.15) is 34.5 Å². The Morgan fingerprint density at radius 2 is 2.14 bits per heavy atom. The molecule has 28 heavy (non-hydrogen) atoms. The molecule has 1 aliphatic heterocycles. The third kappa shape index (κ3) is 3.71. The van der Waals surface area contributed by atoms with Gasteiger partial charge < -0.3 is 14.7 Å². The van der Waals surface area contributed by atoms with Gasteiger partial charge in [0.25, 0.3) is 11.9 Å². The summed E-state index contributed by atoms with van der Waals surface area (Å²) in [6, 6.07) is 10.2. The van der Waals surface area contributed by atoms with Gasteiger partial charge in [0, 0.05) is 27.2 Å². The fraction of sp³-hybridized carbons (Fsp3) is 0.200. The first kappa shape index (κ1) is 20.2. The van der Waals surface area contributed by atoms with Gasteiger partial charge in [-0.3, -0.25) is 4.79 Å². The smallest absolute Gasteiger partial charge is 0.293 e. The standard InChI is InChI=1S/C20H15BrClFN2O3/c1-2-28-20(27)16(9-24)18-15-8-13(22)5-6-14(15)19(26)25(18)10-11-3-4-12(21)7-17(11)23/h3-8,18,27H,2,10H2,1H3/b20-16-. The van der Waals surface area contributed by atoms with E-state index in [-0.39, 0.29) is 24.3 Å².